The van der Waals surface area contributed by atoms with E-state index in [9.17, 15) is 0 Å². The second-order valence-electron chi connectivity index (χ2n) is 6.43. The molecule has 0 aliphatic heterocycles. The Morgan fingerprint density at radius 1 is 0.846 bits per heavy atom. The SMILES string of the molecule is CC(C)Oc1ccccc1CNc1cccc(OCc2ccccc2)c1. The van der Waals surface area contributed by atoms with Gasteiger partial charge in [-0.1, -0.05) is 54.6 Å². The normalized spacial score (nSPS) is 10.6. The number of hydrogen-bond acceptors (Lipinski definition) is 3. The summed E-state index contributed by atoms with van der Waals surface area (Å²) in [6.45, 7) is 5.34. The van der Waals surface area contributed by atoms with Gasteiger partial charge in [-0.25, -0.2) is 0 Å². The van der Waals surface area contributed by atoms with Crippen molar-refractivity contribution in [2.24, 2.45) is 0 Å². The molecular formula is C23H25NO2. The van der Waals surface area contributed by atoms with Crippen LogP contribution in [0.4, 0.5) is 5.69 Å². The van der Waals surface area contributed by atoms with Crippen LogP contribution in [0.1, 0.15) is 25.0 Å². The Bertz CT molecular complexity index is 815. The zero-order valence-corrected chi connectivity index (χ0v) is 15.3. The molecule has 0 aliphatic carbocycles. The topological polar surface area (TPSA) is 30.5 Å². The van der Waals surface area contributed by atoms with Gasteiger partial charge in [0.25, 0.3) is 0 Å². The van der Waals surface area contributed by atoms with Gasteiger partial charge in [0.1, 0.15) is 18.1 Å². The maximum Gasteiger partial charge on any atom is 0.124 e. The monoisotopic (exact) mass is 347 g/mol. The number of hydrogen-bond donors (Lipinski definition) is 1. The van der Waals surface area contributed by atoms with Gasteiger partial charge in [-0.2, -0.15) is 0 Å². The van der Waals surface area contributed by atoms with E-state index < -0.39 is 0 Å². The van der Waals surface area contributed by atoms with Gasteiger partial charge in [0.2, 0.25) is 0 Å². The molecule has 0 amide bonds. The highest BCUT2D eigenvalue weighted by Crippen LogP contribution is 2.23. The molecule has 0 spiro atoms. The van der Waals surface area contributed by atoms with Gasteiger partial charge in [-0.3, -0.25) is 0 Å². The molecule has 3 nitrogen and oxygen atoms in total. The first-order valence-electron chi connectivity index (χ1n) is 8.96. The van der Waals surface area contributed by atoms with E-state index in [4.69, 9.17) is 9.47 Å². The van der Waals surface area contributed by atoms with Gasteiger partial charge < -0.3 is 14.8 Å². The largest absolute Gasteiger partial charge is 0.491 e. The second-order valence-corrected chi connectivity index (χ2v) is 6.43. The molecule has 0 aromatic heterocycles. The Labute approximate surface area is 155 Å². The van der Waals surface area contributed by atoms with Crippen LogP contribution >= 0.6 is 0 Å². The predicted octanol–water partition coefficient (Wildman–Crippen LogP) is 5.66. The molecule has 0 atom stereocenters. The molecular weight excluding hydrogens is 322 g/mol. The fourth-order valence-corrected chi connectivity index (χ4v) is 2.65. The van der Waals surface area contributed by atoms with Crippen LogP contribution in [-0.4, -0.2) is 6.10 Å². The molecule has 0 fully saturated rings. The van der Waals surface area contributed by atoms with Gasteiger partial charge in [0.15, 0.2) is 0 Å². The highest BCUT2D eigenvalue weighted by molar-refractivity contribution is 5.49. The highest BCUT2D eigenvalue weighted by atomic mass is 16.5. The minimum Gasteiger partial charge on any atom is -0.491 e. The van der Waals surface area contributed by atoms with E-state index in [-0.39, 0.29) is 6.10 Å². The Balaban J connectivity index is 1.61. The molecule has 0 heterocycles. The minimum absolute atomic E-state index is 0.158. The predicted molar refractivity (Wildman–Crippen MR) is 107 cm³/mol. The summed E-state index contributed by atoms with van der Waals surface area (Å²) in [6, 6.07) is 26.3. The van der Waals surface area contributed by atoms with Crippen molar-refractivity contribution in [1.29, 1.82) is 0 Å². The summed E-state index contributed by atoms with van der Waals surface area (Å²) in [5.41, 5.74) is 3.32. The van der Waals surface area contributed by atoms with Crippen LogP contribution in [-0.2, 0) is 13.2 Å². The smallest absolute Gasteiger partial charge is 0.124 e. The zero-order chi connectivity index (χ0) is 18.2. The molecule has 134 valence electrons. The van der Waals surface area contributed by atoms with Crippen molar-refractivity contribution in [3.63, 3.8) is 0 Å². The lowest BCUT2D eigenvalue weighted by Gasteiger charge is -2.15. The van der Waals surface area contributed by atoms with Crippen molar-refractivity contribution in [2.45, 2.75) is 33.1 Å². The molecule has 0 radical (unpaired) electrons. The van der Waals surface area contributed by atoms with Crippen molar-refractivity contribution < 1.29 is 9.47 Å². The van der Waals surface area contributed by atoms with Gasteiger partial charge in [0.05, 0.1) is 6.10 Å². The molecule has 0 unspecified atom stereocenters. The molecule has 1 N–H and O–H groups in total. The third-order valence-electron chi connectivity index (χ3n) is 3.90. The number of benzene rings is 3. The Morgan fingerprint density at radius 3 is 2.42 bits per heavy atom. The van der Waals surface area contributed by atoms with E-state index >= 15 is 0 Å². The Kier molecular flexibility index (Phi) is 6.15. The average molecular weight is 347 g/mol. The maximum atomic E-state index is 5.90. The standard InChI is InChI=1S/C23H25NO2/c1-18(2)26-23-14-7-6-11-20(23)16-24-21-12-8-13-22(15-21)25-17-19-9-4-3-5-10-19/h3-15,18,24H,16-17H2,1-2H3. The summed E-state index contributed by atoms with van der Waals surface area (Å²) in [5.74, 6) is 1.78. The van der Waals surface area contributed by atoms with Gasteiger partial charge in [-0.15, -0.1) is 0 Å². The van der Waals surface area contributed by atoms with Gasteiger partial charge in [-0.05, 0) is 37.6 Å². The summed E-state index contributed by atoms with van der Waals surface area (Å²) in [4.78, 5) is 0. The van der Waals surface area contributed by atoms with Crippen LogP contribution in [0.25, 0.3) is 0 Å². The number of para-hydroxylation sites is 1. The van der Waals surface area contributed by atoms with E-state index in [1.165, 1.54) is 0 Å². The molecule has 26 heavy (non-hydrogen) atoms. The van der Waals surface area contributed by atoms with E-state index in [2.05, 4.69) is 23.5 Å². The lowest BCUT2D eigenvalue weighted by molar-refractivity contribution is 0.240. The zero-order valence-electron chi connectivity index (χ0n) is 15.3. The number of ether oxygens (including phenoxy) is 2. The molecule has 3 aromatic rings. The highest BCUT2D eigenvalue weighted by Gasteiger charge is 2.05. The van der Waals surface area contributed by atoms with E-state index in [0.717, 1.165) is 28.3 Å². The van der Waals surface area contributed by atoms with Crippen molar-refractivity contribution in [2.75, 3.05) is 5.32 Å². The summed E-state index contributed by atoms with van der Waals surface area (Å²) in [5, 5.41) is 3.45. The van der Waals surface area contributed by atoms with Crippen molar-refractivity contribution in [3.05, 3.63) is 90.0 Å². The molecule has 3 aromatic carbocycles. The number of rotatable bonds is 8. The quantitative estimate of drug-likeness (QED) is 0.570. The van der Waals surface area contributed by atoms with E-state index in [1.54, 1.807) is 0 Å². The first-order chi connectivity index (χ1) is 12.7. The molecule has 0 bridgehead atoms. The minimum atomic E-state index is 0.158. The lowest BCUT2D eigenvalue weighted by Crippen LogP contribution is -2.09. The lowest BCUT2D eigenvalue weighted by atomic mass is 10.2. The van der Waals surface area contributed by atoms with Gasteiger partial charge in [0, 0.05) is 23.9 Å². The summed E-state index contributed by atoms with van der Waals surface area (Å²) < 4.78 is 11.8. The van der Waals surface area contributed by atoms with Crippen LogP contribution in [0.15, 0.2) is 78.9 Å². The summed E-state index contributed by atoms with van der Waals surface area (Å²) in [7, 11) is 0. The van der Waals surface area contributed by atoms with Crippen LogP contribution in [0.2, 0.25) is 0 Å². The van der Waals surface area contributed by atoms with Crippen LogP contribution in [0, 0.1) is 0 Å². The van der Waals surface area contributed by atoms with E-state index in [1.807, 2.05) is 74.5 Å². The van der Waals surface area contributed by atoms with E-state index in [0.29, 0.717) is 13.2 Å². The molecule has 0 aliphatic rings. The number of nitrogens with one attached hydrogen (secondary N) is 1. The molecule has 3 heteroatoms. The molecule has 0 saturated heterocycles. The van der Waals surface area contributed by atoms with Crippen LogP contribution in [0.3, 0.4) is 0 Å². The maximum absolute atomic E-state index is 5.90. The van der Waals surface area contributed by atoms with Crippen molar-refractivity contribution >= 4 is 5.69 Å². The summed E-state index contributed by atoms with van der Waals surface area (Å²) >= 11 is 0. The molecule has 0 saturated carbocycles. The number of anilines is 1. The average Bonchev–Trinajstić information content (AvgIpc) is 2.66. The Hall–Kier alpha value is -2.94. The van der Waals surface area contributed by atoms with Crippen molar-refractivity contribution in [3.8, 4) is 11.5 Å². The van der Waals surface area contributed by atoms with Crippen LogP contribution < -0.4 is 14.8 Å². The van der Waals surface area contributed by atoms with Gasteiger partial charge >= 0.3 is 0 Å². The fraction of sp³-hybridized carbons (Fsp3) is 0.217. The summed E-state index contributed by atoms with van der Waals surface area (Å²) in [6.07, 6.45) is 0.158. The molecule has 3 rings (SSSR count). The van der Waals surface area contributed by atoms with Crippen LogP contribution in [0.5, 0.6) is 11.5 Å². The van der Waals surface area contributed by atoms with Crippen molar-refractivity contribution in [1.82, 2.24) is 0 Å². The second kappa shape index (κ2) is 8.95. The Morgan fingerprint density at radius 2 is 1.62 bits per heavy atom. The third kappa shape index (κ3) is 5.28. The first kappa shape index (κ1) is 17.9. The first-order valence-corrected chi connectivity index (χ1v) is 8.96. The third-order valence-corrected chi connectivity index (χ3v) is 3.90. The fourth-order valence-electron chi connectivity index (χ4n) is 2.65.